The number of rotatable bonds is 7. The number of hydrogen-bond acceptors (Lipinski definition) is 4. The van der Waals surface area contributed by atoms with Crippen molar-refractivity contribution in [2.24, 2.45) is 0 Å². The molecule has 1 aromatic heterocycles. The van der Waals surface area contributed by atoms with E-state index in [9.17, 15) is 4.79 Å². The largest absolute Gasteiger partial charge is 0.457 e. The molecule has 6 heteroatoms. The molecular formula is C25H30N4O2. The lowest BCUT2D eigenvalue weighted by Gasteiger charge is -2.35. The molecule has 0 radical (unpaired) electrons. The predicted molar refractivity (Wildman–Crippen MR) is 122 cm³/mol. The van der Waals surface area contributed by atoms with E-state index in [0.29, 0.717) is 11.5 Å². The maximum atomic E-state index is 12.9. The van der Waals surface area contributed by atoms with Crippen LogP contribution in [0.15, 0.2) is 67.0 Å². The van der Waals surface area contributed by atoms with Crippen molar-refractivity contribution in [3.63, 3.8) is 0 Å². The number of aromatic nitrogens is 2. The van der Waals surface area contributed by atoms with E-state index in [0.717, 1.165) is 56.6 Å². The van der Waals surface area contributed by atoms with Crippen molar-refractivity contribution in [1.29, 1.82) is 0 Å². The molecule has 0 saturated carbocycles. The summed E-state index contributed by atoms with van der Waals surface area (Å²) < 4.78 is 8.05. The number of imidazole rings is 1. The van der Waals surface area contributed by atoms with Gasteiger partial charge in [0.15, 0.2) is 0 Å². The van der Waals surface area contributed by atoms with Crippen molar-refractivity contribution in [3.05, 3.63) is 78.4 Å². The maximum Gasteiger partial charge on any atom is 0.253 e. The van der Waals surface area contributed by atoms with E-state index in [2.05, 4.69) is 34.5 Å². The first-order valence-corrected chi connectivity index (χ1v) is 11.0. The number of para-hydroxylation sites is 1. The third-order valence-corrected chi connectivity index (χ3v) is 5.66. The molecule has 2 heterocycles. The lowest BCUT2D eigenvalue weighted by molar-refractivity contribution is 0.0633. The second-order valence-electron chi connectivity index (χ2n) is 8.21. The summed E-state index contributed by atoms with van der Waals surface area (Å²) in [5.74, 6) is 3.16. The van der Waals surface area contributed by atoms with Gasteiger partial charge >= 0.3 is 0 Å². The van der Waals surface area contributed by atoms with Crippen LogP contribution in [0, 0.1) is 0 Å². The average Bonchev–Trinajstić information content (AvgIpc) is 3.28. The average molecular weight is 419 g/mol. The zero-order valence-corrected chi connectivity index (χ0v) is 18.3. The second kappa shape index (κ2) is 9.79. The highest BCUT2D eigenvalue weighted by molar-refractivity contribution is 5.94. The molecule has 1 aliphatic heterocycles. The lowest BCUT2D eigenvalue weighted by Crippen LogP contribution is -2.49. The maximum absolute atomic E-state index is 12.9. The summed E-state index contributed by atoms with van der Waals surface area (Å²) in [6.07, 6.45) is 3.93. The van der Waals surface area contributed by atoms with Crippen molar-refractivity contribution in [2.45, 2.75) is 26.3 Å². The highest BCUT2D eigenvalue weighted by Gasteiger charge is 2.22. The van der Waals surface area contributed by atoms with Crippen molar-refractivity contribution in [1.82, 2.24) is 19.4 Å². The number of piperazine rings is 1. The molecular weight excluding hydrogens is 388 g/mol. The summed E-state index contributed by atoms with van der Waals surface area (Å²) in [6.45, 7) is 9.55. The Hall–Kier alpha value is -3.12. The summed E-state index contributed by atoms with van der Waals surface area (Å²) >= 11 is 0. The fourth-order valence-corrected chi connectivity index (χ4v) is 3.91. The van der Waals surface area contributed by atoms with Gasteiger partial charge in [-0.2, -0.15) is 0 Å². The zero-order valence-electron chi connectivity index (χ0n) is 18.3. The number of carbonyl (C=O) groups excluding carboxylic acids is 1. The van der Waals surface area contributed by atoms with Crippen molar-refractivity contribution >= 4 is 5.91 Å². The predicted octanol–water partition coefficient (Wildman–Crippen LogP) is 4.26. The lowest BCUT2D eigenvalue weighted by atomic mass is 10.1. The molecule has 3 aromatic rings. The fraction of sp³-hybridized carbons (Fsp3) is 0.360. The van der Waals surface area contributed by atoms with E-state index in [-0.39, 0.29) is 5.91 Å². The van der Waals surface area contributed by atoms with Gasteiger partial charge in [0, 0.05) is 63.1 Å². The van der Waals surface area contributed by atoms with E-state index >= 15 is 0 Å². The van der Waals surface area contributed by atoms with Crippen molar-refractivity contribution in [3.8, 4) is 11.5 Å². The summed E-state index contributed by atoms with van der Waals surface area (Å²) in [4.78, 5) is 21.7. The molecule has 4 rings (SSSR count). The van der Waals surface area contributed by atoms with Gasteiger partial charge in [0.05, 0.1) is 0 Å². The first-order chi connectivity index (χ1) is 15.1. The molecule has 0 aliphatic carbocycles. The monoisotopic (exact) mass is 418 g/mol. The normalized spacial score (nSPS) is 14.7. The Kier molecular flexibility index (Phi) is 6.67. The second-order valence-corrected chi connectivity index (χ2v) is 8.21. The topological polar surface area (TPSA) is 50.6 Å². The van der Waals surface area contributed by atoms with E-state index in [1.54, 1.807) is 0 Å². The van der Waals surface area contributed by atoms with Gasteiger partial charge < -0.3 is 14.2 Å². The van der Waals surface area contributed by atoms with Crippen LogP contribution < -0.4 is 4.74 Å². The molecule has 1 fully saturated rings. The molecule has 31 heavy (non-hydrogen) atoms. The van der Waals surface area contributed by atoms with Crippen LogP contribution in [0.1, 0.15) is 35.9 Å². The van der Waals surface area contributed by atoms with E-state index in [1.165, 1.54) is 0 Å². The SMILES string of the molecule is CC(C)c1nccn1CCN1CCN(C(=O)c2ccc(Oc3ccccc3)cc2)CC1. The number of nitrogens with zero attached hydrogens (tertiary/aromatic N) is 4. The van der Waals surface area contributed by atoms with Crippen LogP contribution in [0.2, 0.25) is 0 Å². The van der Waals surface area contributed by atoms with Crippen LogP contribution in [-0.4, -0.2) is 58.0 Å². The van der Waals surface area contributed by atoms with Gasteiger partial charge in [0.2, 0.25) is 0 Å². The van der Waals surface area contributed by atoms with Gasteiger partial charge in [-0.1, -0.05) is 32.0 Å². The molecule has 0 unspecified atom stereocenters. The number of amides is 1. The highest BCUT2D eigenvalue weighted by Crippen LogP contribution is 2.22. The standard InChI is InChI=1S/C25H30N4O2/c1-20(2)24-26-12-13-28(24)17-14-27-15-18-29(19-16-27)25(30)21-8-10-23(11-9-21)31-22-6-4-3-5-7-22/h3-13,20H,14-19H2,1-2H3. The van der Waals surface area contributed by atoms with E-state index < -0.39 is 0 Å². The van der Waals surface area contributed by atoms with Crippen LogP contribution in [0.25, 0.3) is 0 Å². The number of ether oxygens (including phenoxy) is 1. The quantitative estimate of drug-likeness (QED) is 0.575. The van der Waals surface area contributed by atoms with Gasteiger partial charge in [-0.15, -0.1) is 0 Å². The number of hydrogen-bond donors (Lipinski definition) is 0. The Labute approximate surface area is 184 Å². The summed E-state index contributed by atoms with van der Waals surface area (Å²) in [5, 5.41) is 0. The first-order valence-electron chi connectivity index (χ1n) is 11.0. The molecule has 1 aliphatic rings. The Morgan fingerprint density at radius 2 is 1.61 bits per heavy atom. The van der Waals surface area contributed by atoms with Gasteiger partial charge in [-0.3, -0.25) is 9.69 Å². The molecule has 162 valence electrons. The van der Waals surface area contributed by atoms with Crippen molar-refractivity contribution in [2.75, 3.05) is 32.7 Å². The van der Waals surface area contributed by atoms with E-state index in [4.69, 9.17) is 4.74 Å². The number of carbonyl (C=O) groups is 1. The first kappa shape index (κ1) is 21.1. The van der Waals surface area contributed by atoms with Gasteiger partial charge in [-0.25, -0.2) is 4.98 Å². The molecule has 0 N–H and O–H groups in total. The summed E-state index contributed by atoms with van der Waals surface area (Å²) in [6, 6.07) is 17.1. The Morgan fingerprint density at radius 3 is 2.29 bits per heavy atom. The summed E-state index contributed by atoms with van der Waals surface area (Å²) in [5.41, 5.74) is 0.703. The molecule has 0 spiro atoms. The third-order valence-electron chi connectivity index (χ3n) is 5.66. The molecule has 1 amide bonds. The van der Waals surface area contributed by atoms with Crippen molar-refractivity contribution < 1.29 is 9.53 Å². The minimum Gasteiger partial charge on any atom is -0.457 e. The third kappa shape index (κ3) is 5.33. The smallest absolute Gasteiger partial charge is 0.253 e. The minimum atomic E-state index is 0.0858. The number of benzene rings is 2. The summed E-state index contributed by atoms with van der Waals surface area (Å²) in [7, 11) is 0. The Bertz CT molecular complexity index is 974. The molecule has 0 bridgehead atoms. The minimum absolute atomic E-state index is 0.0858. The fourth-order valence-electron chi connectivity index (χ4n) is 3.91. The zero-order chi connectivity index (χ0) is 21.6. The molecule has 6 nitrogen and oxygen atoms in total. The van der Waals surface area contributed by atoms with Crippen LogP contribution in [-0.2, 0) is 6.54 Å². The van der Waals surface area contributed by atoms with Crippen LogP contribution in [0.4, 0.5) is 0 Å². The highest BCUT2D eigenvalue weighted by atomic mass is 16.5. The Balaban J connectivity index is 1.26. The molecule has 1 saturated heterocycles. The van der Waals surface area contributed by atoms with Crippen LogP contribution in [0.5, 0.6) is 11.5 Å². The van der Waals surface area contributed by atoms with Crippen LogP contribution in [0.3, 0.4) is 0 Å². The molecule has 2 aromatic carbocycles. The van der Waals surface area contributed by atoms with Crippen LogP contribution >= 0.6 is 0 Å². The Morgan fingerprint density at radius 1 is 0.935 bits per heavy atom. The van der Waals surface area contributed by atoms with E-state index in [1.807, 2.05) is 65.7 Å². The van der Waals surface area contributed by atoms with Gasteiger partial charge in [0.1, 0.15) is 17.3 Å². The van der Waals surface area contributed by atoms with Gasteiger partial charge in [0.25, 0.3) is 5.91 Å². The van der Waals surface area contributed by atoms with Gasteiger partial charge in [-0.05, 0) is 36.4 Å². The molecule has 0 atom stereocenters.